The minimum Gasteiger partial charge on any atom is -0.171 e. The Hall–Kier alpha value is -1.29. The van der Waals surface area contributed by atoms with Crippen molar-refractivity contribution in [2.45, 2.75) is 42.4 Å². The smallest absolute Gasteiger partial charge is 0.0339 e. The molecule has 146 valence electrons. The van der Waals surface area contributed by atoms with Crippen LogP contribution in [0.4, 0.5) is 0 Å². The van der Waals surface area contributed by atoms with Crippen molar-refractivity contribution in [3.8, 4) is 0 Å². The molecule has 3 atom stereocenters. The van der Waals surface area contributed by atoms with Crippen LogP contribution in [0.25, 0.3) is 0 Å². The lowest BCUT2D eigenvalue weighted by molar-refractivity contribution is 0.962. The van der Waals surface area contributed by atoms with Crippen molar-refractivity contribution in [2.24, 2.45) is 0 Å². The summed E-state index contributed by atoms with van der Waals surface area (Å²) in [5.74, 6) is 0.192. The molecule has 0 saturated heterocycles. The molecule has 0 heterocycles. The van der Waals surface area contributed by atoms with E-state index in [0.29, 0.717) is 0 Å². The number of hydrogen-bond acceptors (Lipinski definition) is 3. The van der Waals surface area contributed by atoms with E-state index in [1.807, 2.05) is 0 Å². The largest absolute Gasteiger partial charge is 0.171 e. The summed E-state index contributed by atoms with van der Waals surface area (Å²) in [4.78, 5) is 0. The van der Waals surface area contributed by atoms with Crippen molar-refractivity contribution < 1.29 is 0 Å². The van der Waals surface area contributed by atoms with Gasteiger partial charge in [-0.3, -0.25) is 0 Å². The van der Waals surface area contributed by atoms with Crippen LogP contribution in [-0.4, -0.2) is 0 Å². The van der Waals surface area contributed by atoms with E-state index in [0.717, 1.165) is 0 Å². The summed E-state index contributed by atoms with van der Waals surface area (Å²) < 4.78 is 0. The third kappa shape index (κ3) is 5.00. The van der Waals surface area contributed by atoms with E-state index in [1.165, 1.54) is 33.4 Å². The van der Waals surface area contributed by atoms with Gasteiger partial charge in [0.15, 0.2) is 0 Å². The Morgan fingerprint density at radius 2 is 0.571 bits per heavy atom. The van der Waals surface area contributed by atoms with E-state index in [2.05, 4.69) is 131 Å². The summed E-state index contributed by atoms with van der Waals surface area (Å²) in [5, 5.41) is 0.708. The zero-order valence-corrected chi connectivity index (χ0v) is 19.3. The molecular formula is C25H28S3. The quantitative estimate of drug-likeness (QED) is 0.260. The monoisotopic (exact) mass is 424 g/mol. The Morgan fingerprint density at radius 3 is 0.750 bits per heavy atom. The topological polar surface area (TPSA) is 0 Å². The number of rotatable bonds is 6. The molecule has 0 amide bonds. The number of hydrogen-bond donors (Lipinski definition) is 3. The predicted octanol–water partition coefficient (Wildman–Crippen LogP) is 7.84. The summed E-state index contributed by atoms with van der Waals surface area (Å²) >= 11 is 13.7. The van der Waals surface area contributed by atoms with Crippen molar-refractivity contribution >= 4 is 37.9 Å². The van der Waals surface area contributed by atoms with Crippen LogP contribution in [0.3, 0.4) is 0 Å². The molecule has 0 aliphatic heterocycles. The molecule has 0 saturated carbocycles. The summed E-state index contributed by atoms with van der Waals surface area (Å²) in [6.07, 6.45) is 0. The van der Waals surface area contributed by atoms with Crippen LogP contribution >= 0.6 is 37.9 Å². The van der Waals surface area contributed by atoms with Crippen LogP contribution in [0.15, 0.2) is 72.8 Å². The summed E-state index contributed by atoms with van der Waals surface area (Å²) in [6, 6.07) is 26.5. The third-order valence-electron chi connectivity index (χ3n) is 5.26. The minimum atomic E-state index is 0.192. The first-order valence-corrected chi connectivity index (χ1v) is 11.3. The molecule has 3 rings (SSSR count). The fraction of sp³-hybridized carbons (Fsp3) is 0.280. The zero-order valence-electron chi connectivity index (χ0n) is 16.6. The van der Waals surface area contributed by atoms with Crippen molar-refractivity contribution in [1.82, 2.24) is 0 Å². The first-order chi connectivity index (χ1) is 13.4. The molecule has 0 N–H and O–H groups in total. The summed E-state index contributed by atoms with van der Waals surface area (Å²) in [6.45, 7) is 6.30. The Kier molecular flexibility index (Phi) is 7.25. The Balaban J connectivity index is 2.04. The molecule has 3 aromatic rings. The molecular weight excluding hydrogens is 396 g/mol. The second kappa shape index (κ2) is 9.47. The van der Waals surface area contributed by atoms with Crippen LogP contribution in [-0.2, 0) is 0 Å². The normalized spacial score (nSPS) is 15.6. The van der Waals surface area contributed by atoms with Gasteiger partial charge >= 0.3 is 0 Å². The molecule has 0 fully saturated rings. The highest BCUT2D eigenvalue weighted by atomic mass is 32.1. The average molecular weight is 425 g/mol. The zero-order chi connectivity index (χ0) is 20.3. The molecule has 0 bridgehead atoms. The molecule has 0 aromatic heterocycles. The van der Waals surface area contributed by atoms with Crippen molar-refractivity contribution in [2.75, 3.05) is 0 Å². The first-order valence-electron chi connectivity index (χ1n) is 9.70. The van der Waals surface area contributed by atoms with E-state index in [-0.39, 0.29) is 21.7 Å². The highest BCUT2D eigenvalue weighted by molar-refractivity contribution is 7.80. The first kappa shape index (κ1) is 21.4. The molecule has 3 unspecified atom stereocenters. The van der Waals surface area contributed by atoms with Gasteiger partial charge in [0, 0.05) is 21.7 Å². The van der Waals surface area contributed by atoms with Crippen molar-refractivity contribution in [3.63, 3.8) is 0 Å². The molecule has 0 radical (unpaired) electrons. The lowest BCUT2D eigenvalue weighted by Gasteiger charge is -2.21. The maximum absolute atomic E-state index is 4.56. The maximum atomic E-state index is 4.56. The van der Waals surface area contributed by atoms with E-state index in [9.17, 15) is 0 Å². The van der Waals surface area contributed by atoms with Crippen LogP contribution in [0.2, 0.25) is 0 Å². The molecule has 0 aliphatic rings. The van der Waals surface area contributed by atoms with Gasteiger partial charge in [-0.15, -0.1) is 0 Å². The SMILES string of the molecule is CC(S)c1ccc(C(c2ccc(C(C)S)cc2)c2ccc(C(C)S)cc2)cc1. The van der Waals surface area contributed by atoms with E-state index in [1.54, 1.807) is 0 Å². The standard InChI is InChI=1S/C25H28S3/c1-16(26)19-4-10-22(11-5-19)25(23-12-6-20(7-13-23)17(2)27)24-14-8-21(9-15-24)18(3)28/h4-18,25-28H,1-3H3. The lowest BCUT2D eigenvalue weighted by atomic mass is 9.84. The van der Waals surface area contributed by atoms with Gasteiger partial charge in [0.2, 0.25) is 0 Å². The van der Waals surface area contributed by atoms with Crippen molar-refractivity contribution in [3.05, 3.63) is 106 Å². The molecule has 0 spiro atoms. The highest BCUT2D eigenvalue weighted by Crippen LogP contribution is 2.35. The fourth-order valence-corrected chi connectivity index (χ4v) is 3.99. The van der Waals surface area contributed by atoms with Gasteiger partial charge in [0.25, 0.3) is 0 Å². The van der Waals surface area contributed by atoms with E-state index in [4.69, 9.17) is 0 Å². The van der Waals surface area contributed by atoms with Gasteiger partial charge in [-0.1, -0.05) is 72.8 Å². The highest BCUT2D eigenvalue weighted by Gasteiger charge is 2.18. The fourth-order valence-electron chi connectivity index (χ4n) is 3.48. The Morgan fingerprint density at radius 1 is 0.393 bits per heavy atom. The maximum Gasteiger partial charge on any atom is 0.0339 e. The van der Waals surface area contributed by atoms with Crippen LogP contribution in [0, 0.1) is 0 Å². The van der Waals surface area contributed by atoms with Crippen LogP contribution in [0.1, 0.15) is 75.8 Å². The van der Waals surface area contributed by atoms with Gasteiger partial charge in [0.05, 0.1) is 0 Å². The summed E-state index contributed by atoms with van der Waals surface area (Å²) in [5.41, 5.74) is 7.58. The van der Waals surface area contributed by atoms with E-state index < -0.39 is 0 Å². The van der Waals surface area contributed by atoms with Crippen LogP contribution < -0.4 is 0 Å². The second-order valence-electron chi connectivity index (χ2n) is 7.46. The van der Waals surface area contributed by atoms with Crippen molar-refractivity contribution in [1.29, 1.82) is 0 Å². The number of thiol groups is 3. The molecule has 28 heavy (non-hydrogen) atoms. The Labute approximate surface area is 186 Å². The van der Waals surface area contributed by atoms with Gasteiger partial charge in [0.1, 0.15) is 0 Å². The molecule has 3 heteroatoms. The molecule has 3 aromatic carbocycles. The van der Waals surface area contributed by atoms with Crippen LogP contribution in [0.5, 0.6) is 0 Å². The van der Waals surface area contributed by atoms with Gasteiger partial charge in [-0.25, -0.2) is 0 Å². The molecule has 0 nitrogen and oxygen atoms in total. The third-order valence-corrected chi connectivity index (χ3v) is 6.15. The van der Waals surface area contributed by atoms with E-state index >= 15 is 0 Å². The second-order valence-corrected chi connectivity index (χ2v) is 9.78. The lowest BCUT2D eigenvalue weighted by Crippen LogP contribution is -2.04. The van der Waals surface area contributed by atoms with Gasteiger partial charge in [-0.2, -0.15) is 37.9 Å². The minimum absolute atomic E-state index is 0.192. The number of benzene rings is 3. The Bertz CT molecular complexity index is 754. The predicted molar refractivity (Wildman–Crippen MR) is 132 cm³/mol. The van der Waals surface area contributed by atoms with Gasteiger partial charge in [-0.05, 0) is 54.2 Å². The summed E-state index contributed by atoms with van der Waals surface area (Å²) in [7, 11) is 0. The van der Waals surface area contributed by atoms with Gasteiger partial charge < -0.3 is 0 Å². The average Bonchev–Trinajstić information content (AvgIpc) is 2.69. The molecule has 0 aliphatic carbocycles.